The molecular formula is C22H16N6O2S. The van der Waals surface area contributed by atoms with Crippen LogP contribution in [0.4, 0.5) is 5.82 Å². The summed E-state index contributed by atoms with van der Waals surface area (Å²) in [5.74, 6) is -0.0608. The van der Waals surface area contributed by atoms with Crippen LogP contribution in [0.2, 0.25) is 0 Å². The van der Waals surface area contributed by atoms with Gasteiger partial charge in [-0.05, 0) is 30.3 Å². The van der Waals surface area contributed by atoms with Gasteiger partial charge in [-0.3, -0.25) is 4.98 Å². The summed E-state index contributed by atoms with van der Waals surface area (Å²) in [6, 6.07) is 18.9. The summed E-state index contributed by atoms with van der Waals surface area (Å²) >= 11 is 0. The van der Waals surface area contributed by atoms with Gasteiger partial charge in [0.1, 0.15) is 16.2 Å². The zero-order valence-electron chi connectivity index (χ0n) is 16.1. The van der Waals surface area contributed by atoms with Crippen molar-refractivity contribution in [2.24, 2.45) is 5.10 Å². The molecule has 2 aromatic carbocycles. The smallest absolute Gasteiger partial charge is 0.212 e. The highest BCUT2D eigenvalue weighted by molar-refractivity contribution is 7.92. The largest absolute Gasteiger partial charge is 0.382 e. The van der Waals surface area contributed by atoms with E-state index in [0.29, 0.717) is 11.0 Å². The molecule has 3 heterocycles. The standard InChI is InChI=1S/C22H16N6O2S/c23-21-20(31(29,30)16-8-2-1-3-9-16)19-22(27-18-11-5-4-10-17(18)26-19)28(21)25-14-15-7-6-12-24-13-15/h1-14H,23H2/b25-14-. The van der Waals surface area contributed by atoms with Gasteiger partial charge in [0.2, 0.25) is 9.84 Å². The highest BCUT2D eigenvalue weighted by Crippen LogP contribution is 2.35. The molecule has 2 N–H and O–H groups in total. The first-order valence-corrected chi connectivity index (χ1v) is 10.9. The first-order chi connectivity index (χ1) is 15.1. The van der Waals surface area contributed by atoms with Gasteiger partial charge in [0, 0.05) is 18.0 Å². The minimum atomic E-state index is -3.96. The lowest BCUT2D eigenvalue weighted by Gasteiger charge is -2.04. The second-order valence-corrected chi connectivity index (χ2v) is 8.64. The lowest BCUT2D eigenvalue weighted by Crippen LogP contribution is -2.06. The third-order valence-electron chi connectivity index (χ3n) is 4.76. The number of fused-ring (bicyclic) bond motifs is 2. The number of hydrogen-bond donors (Lipinski definition) is 1. The minimum Gasteiger partial charge on any atom is -0.382 e. The van der Waals surface area contributed by atoms with Gasteiger partial charge < -0.3 is 5.73 Å². The topological polar surface area (TPSA) is 116 Å². The Hall–Kier alpha value is -4.11. The molecule has 0 unspecified atom stereocenters. The lowest BCUT2D eigenvalue weighted by atomic mass is 10.3. The Labute approximate surface area is 177 Å². The number of sulfone groups is 1. The Kier molecular flexibility index (Phi) is 4.45. The molecule has 5 rings (SSSR count). The second-order valence-electron chi connectivity index (χ2n) is 6.76. The number of para-hydroxylation sites is 2. The summed E-state index contributed by atoms with van der Waals surface area (Å²) < 4.78 is 28.2. The molecule has 0 aliphatic heterocycles. The van der Waals surface area contributed by atoms with Gasteiger partial charge >= 0.3 is 0 Å². The fraction of sp³-hybridized carbons (Fsp3) is 0. The van der Waals surface area contributed by atoms with Gasteiger partial charge in [0.05, 0.1) is 22.1 Å². The fourth-order valence-corrected chi connectivity index (χ4v) is 4.80. The van der Waals surface area contributed by atoms with Gasteiger partial charge in [-0.1, -0.05) is 36.4 Å². The molecule has 152 valence electrons. The molecule has 0 saturated carbocycles. The first kappa shape index (κ1) is 18.9. The first-order valence-electron chi connectivity index (χ1n) is 9.37. The Bertz CT molecular complexity index is 1550. The van der Waals surface area contributed by atoms with E-state index in [4.69, 9.17) is 5.73 Å². The average molecular weight is 428 g/mol. The summed E-state index contributed by atoms with van der Waals surface area (Å²) in [7, 11) is -3.96. The average Bonchev–Trinajstić information content (AvgIpc) is 3.08. The summed E-state index contributed by atoms with van der Waals surface area (Å²) in [5.41, 5.74) is 8.66. The highest BCUT2D eigenvalue weighted by atomic mass is 32.2. The summed E-state index contributed by atoms with van der Waals surface area (Å²) in [6.45, 7) is 0. The number of aromatic nitrogens is 4. The number of rotatable bonds is 4. The predicted molar refractivity (Wildman–Crippen MR) is 119 cm³/mol. The van der Waals surface area contributed by atoms with Crippen LogP contribution in [0.25, 0.3) is 22.2 Å². The van der Waals surface area contributed by atoms with Crippen molar-refractivity contribution in [3.63, 3.8) is 0 Å². The van der Waals surface area contributed by atoms with E-state index in [9.17, 15) is 8.42 Å². The molecular weight excluding hydrogens is 412 g/mol. The van der Waals surface area contributed by atoms with Crippen LogP contribution in [-0.4, -0.2) is 34.3 Å². The maximum atomic E-state index is 13.5. The van der Waals surface area contributed by atoms with E-state index in [1.807, 2.05) is 18.2 Å². The third-order valence-corrected chi connectivity index (χ3v) is 6.59. The Morgan fingerprint density at radius 1 is 0.903 bits per heavy atom. The van der Waals surface area contributed by atoms with Gasteiger partial charge in [-0.15, -0.1) is 0 Å². The molecule has 0 fully saturated rings. The van der Waals surface area contributed by atoms with Crippen LogP contribution in [0, 0.1) is 0 Å². The molecule has 0 amide bonds. The van der Waals surface area contributed by atoms with E-state index in [1.165, 1.54) is 16.8 Å². The highest BCUT2D eigenvalue weighted by Gasteiger charge is 2.30. The van der Waals surface area contributed by atoms with Crippen LogP contribution in [0.3, 0.4) is 0 Å². The molecule has 0 bridgehead atoms. The van der Waals surface area contributed by atoms with E-state index in [1.54, 1.807) is 55.0 Å². The summed E-state index contributed by atoms with van der Waals surface area (Å²) in [4.78, 5) is 13.2. The van der Waals surface area contributed by atoms with Crippen molar-refractivity contribution in [2.75, 3.05) is 5.73 Å². The number of nitrogen functional groups attached to an aromatic ring is 1. The van der Waals surface area contributed by atoms with Crippen LogP contribution < -0.4 is 5.73 Å². The molecule has 8 nitrogen and oxygen atoms in total. The van der Waals surface area contributed by atoms with Gasteiger partial charge in [0.25, 0.3) is 0 Å². The minimum absolute atomic E-state index is 0.0608. The summed E-state index contributed by atoms with van der Waals surface area (Å²) in [5, 5.41) is 4.40. The van der Waals surface area contributed by atoms with Gasteiger partial charge in [0.15, 0.2) is 5.65 Å². The molecule has 9 heteroatoms. The molecule has 0 spiro atoms. The van der Waals surface area contributed by atoms with Gasteiger partial charge in [-0.2, -0.15) is 9.78 Å². The van der Waals surface area contributed by atoms with E-state index >= 15 is 0 Å². The molecule has 5 aromatic rings. The van der Waals surface area contributed by atoms with E-state index in [0.717, 1.165) is 5.56 Å². The SMILES string of the molecule is Nc1c(S(=O)(=O)c2ccccc2)c2nc3ccccc3nc2n1/N=C\c1cccnc1. The number of pyridine rings is 1. The molecule has 31 heavy (non-hydrogen) atoms. The van der Waals surface area contributed by atoms with Crippen LogP contribution in [0.5, 0.6) is 0 Å². The van der Waals surface area contributed by atoms with Crippen LogP contribution in [0.1, 0.15) is 5.56 Å². The van der Waals surface area contributed by atoms with Crippen molar-refractivity contribution in [3.05, 3.63) is 84.7 Å². The molecule has 0 aliphatic rings. The maximum absolute atomic E-state index is 13.5. The van der Waals surface area contributed by atoms with Gasteiger partial charge in [-0.25, -0.2) is 18.4 Å². The zero-order valence-corrected chi connectivity index (χ0v) is 16.9. The monoisotopic (exact) mass is 428 g/mol. The van der Waals surface area contributed by atoms with E-state index in [-0.39, 0.29) is 26.8 Å². The van der Waals surface area contributed by atoms with E-state index < -0.39 is 9.84 Å². The number of nitrogens with two attached hydrogens (primary N) is 1. The third kappa shape index (κ3) is 3.21. The molecule has 0 radical (unpaired) electrons. The number of nitrogens with zero attached hydrogens (tertiary/aromatic N) is 5. The van der Waals surface area contributed by atoms with Crippen molar-refractivity contribution in [1.29, 1.82) is 0 Å². The fourth-order valence-electron chi connectivity index (χ4n) is 3.30. The molecule has 0 atom stereocenters. The van der Waals surface area contributed by atoms with E-state index in [2.05, 4.69) is 20.1 Å². The Balaban J connectivity index is 1.82. The van der Waals surface area contributed by atoms with Crippen molar-refractivity contribution in [2.45, 2.75) is 9.79 Å². The van der Waals surface area contributed by atoms with Crippen LogP contribution in [-0.2, 0) is 9.84 Å². The Morgan fingerprint density at radius 3 is 2.32 bits per heavy atom. The van der Waals surface area contributed by atoms with Crippen molar-refractivity contribution in [1.82, 2.24) is 19.6 Å². The predicted octanol–water partition coefficient (Wildman–Crippen LogP) is 3.28. The summed E-state index contributed by atoms with van der Waals surface area (Å²) in [6.07, 6.45) is 4.82. The number of benzene rings is 2. The molecule has 3 aromatic heterocycles. The molecule has 0 saturated heterocycles. The molecule has 0 aliphatic carbocycles. The Morgan fingerprint density at radius 2 is 1.61 bits per heavy atom. The normalized spacial score (nSPS) is 12.1. The van der Waals surface area contributed by atoms with Crippen molar-refractivity contribution in [3.8, 4) is 0 Å². The number of hydrogen-bond acceptors (Lipinski definition) is 7. The van der Waals surface area contributed by atoms with Crippen molar-refractivity contribution < 1.29 is 8.42 Å². The van der Waals surface area contributed by atoms with Crippen LogP contribution >= 0.6 is 0 Å². The lowest BCUT2D eigenvalue weighted by molar-refractivity contribution is 0.597. The van der Waals surface area contributed by atoms with Crippen molar-refractivity contribution >= 4 is 44.1 Å². The number of anilines is 1. The van der Waals surface area contributed by atoms with Crippen LogP contribution in [0.15, 0.2) is 94.0 Å². The second kappa shape index (κ2) is 7.29. The zero-order chi connectivity index (χ0) is 21.4. The maximum Gasteiger partial charge on any atom is 0.212 e. The quantitative estimate of drug-likeness (QED) is 0.439.